The summed E-state index contributed by atoms with van der Waals surface area (Å²) in [6.07, 6.45) is 1.84. The molecule has 1 fully saturated rings. The third-order valence-corrected chi connectivity index (χ3v) is 6.31. The number of nitrogens with zero attached hydrogens (tertiary/aromatic N) is 3. The molecule has 3 aromatic carbocycles. The van der Waals surface area contributed by atoms with Gasteiger partial charge in [-0.15, -0.1) is 0 Å². The van der Waals surface area contributed by atoms with Gasteiger partial charge in [-0.1, -0.05) is 64.5 Å². The molecule has 1 aliphatic rings. The van der Waals surface area contributed by atoms with Gasteiger partial charge in [-0.05, 0) is 48.7 Å². The maximum Gasteiger partial charge on any atom is 0.279 e. The molecular weight excluding hydrogens is 454 g/mol. The third kappa shape index (κ3) is 3.57. The zero-order valence-electron chi connectivity index (χ0n) is 16.7. The highest BCUT2D eigenvalue weighted by Gasteiger charge is 2.32. The predicted octanol–water partition coefficient (Wildman–Crippen LogP) is 5.13. The Morgan fingerprint density at radius 2 is 1.58 bits per heavy atom. The number of carbonyl (C=O) groups excluding carboxylic acids is 1. The molecule has 31 heavy (non-hydrogen) atoms. The molecule has 1 aromatic heterocycles. The Morgan fingerprint density at radius 3 is 2.32 bits per heavy atom. The summed E-state index contributed by atoms with van der Waals surface area (Å²) >= 11 is 3.48. The van der Waals surface area contributed by atoms with Crippen molar-refractivity contribution in [1.82, 2.24) is 14.7 Å². The van der Waals surface area contributed by atoms with Crippen LogP contribution in [0.1, 0.15) is 34.9 Å². The Labute approximate surface area is 188 Å². The van der Waals surface area contributed by atoms with Gasteiger partial charge < -0.3 is 4.90 Å². The van der Waals surface area contributed by atoms with E-state index < -0.39 is 0 Å². The highest BCUT2D eigenvalue weighted by atomic mass is 79.9. The number of para-hydroxylation sites is 1. The minimum atomic E-state index is -0.232. The van der Waals surface area contributed by atoms with Gasteiger partial charge in [0, 0.05) is 16.4 Å². The molecular formula is C25H20BrN3O2. The fourth-order valence-corrected chi connectivity index (χ4v) is 4.53. The van der Waals surface area contributed by atoms with Crippen molar-refractivity contribution in [3.63, 3.8) is 0 Å². The quantitative estimate of drug-likeness (QED) is 0.414. The summed E-state index contributed by atoms with van der Waals surface area (Å²) in [5.41, 5.74) is 1.82. The van der Waals surface area contributed by atoms with Crippen LogP contribution in [0.15, 0.2) is 88.1 Å². The van der Waals surface area contributed by atoms with Crippen molar-refractivity contribution in [2.75, 3.05) is 6.54 Å². The average Bonchev–Trinajstić information content (AvgIpc) is 3.30. The van der Waals surface area contributed by atoms with Crippen molar-refractivity contribution in [1.29, 1.82) is 0 Å². The molecule has 1 aliphatic heterocycles. The first-order chi connectivity index (χ1) is 15.1. The molecule has 0 spiro atoms. The summed E-state index contributed by atoms with van der Waals surface area (Å²) in [6.45, 7) is 0.667. The lowest BCUT2D eigenvalue weighted by Gasteiger charge is -2.25. The molecule has 0 bridgehead atoms. The monoisotopic (exact) mass is 473 g/mol. The maximum absolute atomic E-state index is 13.7. The molecule has 0 radical (unpaired) electrons. The predicted molar refractivity (Wildman–Crippen MR) is 124 cm³/mol. The van der Waals surface area contributed by atoms with E-state index >= 15 is 0 Å². The molecule has 1 amide bonds. The number of amides is 1. The third-order valence-electron chi connectivity index (χ3n) is 5.78. The molecule has 1 unspecified atom stereocenters. The van der Waals surface area contributed by atoms with Crippen LogP contribution in [0.5, 0.6) is 0 Å². The van der Waals surface area contributed by atoms with Crippen LogP contribution in [0, 0.1) is 0 Å². The van der Waals surface area contributed by atoms with Crippen molar-refractivity contribution >= 4 is 32.6 Å². The van der Waals surface area contributed by atoms with E-state index in [9.17, 15) is 9.59 Å². The molecule has 2 heterocycles. The van der Waals surface area contributed by atoms with Gasteiger partial charge in [0.25, 0.3) is 11.5 Å². The van der Waals surface area contributed by atoms with Crippen molar-refractivity contribution in [3.05, 3.63) is 105 Å². The van der Waals surface area contributed by atoms with Gasteiger partial charge in [-0.25, -0.2) is 0 Å². The number of benzene rings is 3. The van der Waals surface area contributed by atoms with Crippen molar-refractivity contribution < 1.29 is 4.79 Å². The molecule has 5 nitrogen and oxygen atoms in total. The molecule has 5 rings (SSSR count). The van der Waals surface area contributed by atoms with Gasteiger partial charge in [-0.3, -0.25) is 9.59 Å². The first-order valence-electron chi connectivity index (χ1n) is 10.3. The number of fused-ring (bicyclic) bond motifs is 1. The summed E-state index contributed by atoms with van der Waals surface area (Å²) in [5, 5.41) is 5.64. The fourth-order valence-electron chi connectivity index (χ4n) is 4.27. The zero-order valence-corrected chi connectivity index (χ0v) is 18.3. The van der Waals surface area contributed by atoms with Crippen LogP contribution in [0.2, 0.25) is 0 Å². The number of carbonyl (C=O) groups is 1. The highest BCUT2D eigenvalue weighted by molar-refractivity contribution is 9.10. The zero-order chi connectivity index (χ0) is 21.4. The second kappa shape index (κ2) is 8.12. The van der Waals surface area contributed by atoms with Crippen LogP contribution in [-0.4, -0.2) is 27.1 Å². The van der Waals surface area contributed by atoms with Gasteiger partial charge in [0.1, 0.15) is 0 Å². The second-order valence-corrected chi connectivity index (χ2v) is 8.57. The summed E-state index contributed by atoms with van der Waals surface area (Å²) in [6, 6.07) is 24.5. The number of halogens is 1. The lowest BCUT2D eigenvalue weighted by atomic mass is 10.0. The lowest BCUT2D eigenvalue weighted by Crippen LogP contribution is -2.34. The van der Waals surface area contributed by atoms with E-state index in [2.05, 4.69) is 33.2 Å². The molecule has 6 heteroatoms. The van der Waals surface area contributed by atoms with Gasteiger partial charge in [-0.2, -0.15) is 9.78 Å². The van der Waals surface area contributed by atoms with Crippen molar-refractivity contribution in [3.8, 4) is 5.69 Å². The van der Waals surface area contributed by atoms with E-state index in [1.54, 1.807) is 12.1 Å². The minimum Gasteiger partial charge on any atom is -0.330 e. The van der Waals surface area contributed by atoms with Gasteiger partial charge in [0.05, 0.1) is 17.1 Å². The normalized spacial score (nSPS) is 16.0. The van der Waals surface area contributed by atoms with Crippen LogP contribution >= 0.6 is 15.9 Å². The molecule has 0 N–H and O–H groups in total. The van der Waals surface area contributed by atoms with E-state index in [1.165, 1.54) is 4.68 Å². The fraction of sp³-hybridized carbons (Fsp3) is 0.160. The Balaban J connectivity index is 1.64. The summed E-state index contributed by atoms with van der Waals surface area (Å²) < 4.78 is 2.34. The molecule has 154 valence electrons. The van der Waals surface area contributed by atoms with Crippen molar-refractivity contribution in [2.24, 2.45) is 0 Å². The van der Waals surface area contributed by atoms with Gasteiger partial charge in [0.2, 0.25) is 0 Å². The number of hydrogen-bond donors (Lipinski definition) is 0. The topological polar surface area (TPSA) is 55.2 Å². The maximum atomic E-state index is 13.7. The highest BCUT2D eigenvalue weighted by Crippen LogP contribution is 2.34. The van der Waals surface area contributed by atoms with Crippen LogP contribution < -0.4 is 5.56 Å². The van der Waals surface area contributed by atoms with E-state index in [1.807, 2.05) is 59.5 Å². The first kappa shape index (κ1) is 19.7. The van der Waals surface area contributed by atoms with Crippen LogP contribution in [0.3, 0.4) is 0 Å². The average molecular weight is 474 g/mol. The van der Waals surface area contributed by atoms with E-state index in [4.69, 9.17) is 0 Å². The Morgan fingerprint density at radius 1 is 0.903 bits per heavy atom. The van der Waals surface area contributed by atoms with Gasteiger partial charge >= 0.3 is 0 Å². The van der Waals surface area contributed by atoms with Crippen LogP contribution in [0.4, 0.5) is 0 Å². The van der Waals surface area contributed by atoms with Crippen LogP contribution in [0.25, 0.3) is 16.5 Å². The van der Waals surface area contributed by atoms with E-state index in [-0.39, 0.29) is 17.5 Å². The SMILES string of the molecule is O=C(c1nn(-c2ccccc2)c(=O)c2ccccc12)N1CCCC1c1ccc(Br)cc1. The Hall–Kier alpha value is -3.25. The number of likely N-dealkylation sites (tertiary alicyclic amines) is 1. The number of aromatic nitrogens is 2. The molecule has 0 saturated carbocycles. The lowest BCUT2D eigenvalue weighted by molar-refractivity contribution is 0.0730. The van der Waals surface area contributed by atoms with Crippen LogP contribution in [-0.2, 0) is 0 Å². The molecule has 4 aromatic rings. The smallest absolute Gasteiger partial charge is 0.279 e. The largest absolute Gasteiger partial charge is 0.330 e. The van der Waals surface area contributed by atoms with Crippen molar-refractivity contribution in [2.45, 2.75) is 18.9 Å². The van der Waals surface area contributed by atoms with E-state index in [0.717, 1.165) is 22.9 Å². The standard InChI is InChI=1S/C25H20BrN3O2/c26-18-14-12-17(13-15-18)22-11-6-16-28(22)25(31)23-20-9-4-5-10-21(20)24(30)29(27-23)19-7-2-1-3-8-19/h1-5,7-10,12-15,22H,6,11,16H2. The molecule has 1 saturated heterocycles. The minimum absolute atomic E-state index is 0.00161. The number of rotatable bonds is 3. The number of hydrogen-bond acceptors (Lipinski definition) is 3. The van der Waals surface area contributed by atoms with Gasteiger partial charge in [0.15, 0.2) is 5.69 Å². The molecule has 0 aliphatic carbocycles. The summed E-state index contributed by atoms with van der Waals surface area (Å²) in [5.74, 6) is -0.147. The first-order valence-corrected chi connectivity index (χ1v) is 11.1. The second-order valence-electron chi connectivity index (χ2n) is 7.65. The molecule has 1 atom stereocenters. The summed E-state index contributed by atoms with van der Waals surface area (Å²) in [4.78, 5) is 28.7. The Bertz CT molecular complexity index is 1320. The Kier molecular flexibility index (Phi) is 5.16. The summed E-state index contributed by atoms with van der Waals surface area (Å²) in [7, 11) is 0. The van der Waals surface area contributed by atoms with E-state index in [0.29, 0.717) is 28.7 Å².